The van der Waals surface area contributed by atoms with Gasteiger partial charge in [0, 0.05) is 29.1 Å². The van der Waals surface area contributed by atoms with E-state index in [9.17, 15) is 4.79 Å². The molecule has 0 fully saturated rings. The van der Waals surface area contributed by atoms with Gasteiger partial charge in [-0.1, -0.05) is 12.1 Å². The number of carbonyl (C=O) groups is 1. The number of aldehydes is 1. The molecule has 0 unspecified atom stereocenters. The van der Waals surface area contributed by atoms with E-state index in [0.29, 0.717) is 34.7 Å². The van der Waals surface area contributed by atoms with Gasteiger partial charge in [0.1, 0.15) is 12.4 Å². The topological polar surface area (TPSA) is 98.3 Å². The number of ether oxygens (including phenoxy) is 2. The number of nitrogens with two attached hydrogens (primary N) is 1. The SMILES string of the molecule is COc1cc(C=O)c(OCc2cccc(N)c2C=N)cn1. The van der Waals surface area contributed by atoms with Crippen LogP contribution in [0.5, 0.6) is 11.6 Å². The molecule has 0 spiro atoms. The summed E-state index contributed by atoms with van der Waals surface area (Å²) in [6, 6.07) is 6.82. The third-order valence-corrected chi connectivity index (χ3v) is 2.97. The van der Waals surface area contributed by atoms with Gasteiger partial charge in [-0.25, -0.2) is 4.98 Å². The standard InChI is InChI=1S/C15H15N3O3/c1-20-15-5-11(8-19)14(7-18-15)21-9-10-3-2-4-13(17)12(10)6-16/h2-8,16H,9,17H2,1H3. The van der Waals surface area contributed by atoms with Crippen molar-refractivity contribution in [1.29, 1.82) is 5.41 Å². The van der Waals surface area contributed by atoms with Crippen molar-refractivity contribution in [2.75, 3.05) is 12.8 Å². The van der Waals surface area contributed by atoms with Crippen molar-refractivity contribution in [2.24, 2.45) is 0 Å². The monoisotopic (exact) mass is 285 g/mol. The largest absolute Gasteiger partial charge is 0.487 e. The molecule has 1 heterocycles. The number of rotatable bonds is 6. The van der Waals surface area contributed by atoms with Crippen molar-refractivity contribution in [1.82, 2.24) is 4.98 Å². The number of methoxy groups -OCH3 is 1. The lowest BCUT2D eigenvalue weighted by Crippen LogP contribution is -2.04. The van der Waals surface area contributed by atoms with Crippen molar-refractivity contribution >= 4 is 18.2 Å². The minimum absolute atomic E-state index is 0.185. The predicted molar refractivity (Wildman–Crippen MR) is 79.2 cm³/mol. The first kappa shape index (κ1) is 14.5. The molecule has 0 bridgehead atoms. The molecular weight excluding hydrogens is 270 g/mol. The maximum atomic E-state index is 11.1. The first-order valence-corrected chi connectivity index (χ1v) is 6.19. The van der Waals surface area contributed by atoms with E-state index in [0.717, 1.165) is 5.56 Å². The van der Waals surface area contributed by atoms with Crippen LogP contribution in [0.4, 0.5) is 5.69 Å². The molecule has 1 aromatic heterocycles. The summed E-state index contributed by atoms with van der Waals surface area (Å²) in [5, 5.41) is 7.39. The summed E-state index contributed by atoms with van der Waals surface area (Å²) in [5.41, 5.74) is 8.03. The van der Waals surface area contributed by atoms with Crippen LogP contribution in [-0.2, 0) is 6.61 Å². The third-order valence-electron chi connectivity index (χ3n) is 2.97. The summed E-state index contributed by atoms with van der Waals surface area (Å²) in [5.74, 6) is 0.692. The molecule has 0 amide bonds. The minimum Gasteiger partial charge on any atom is -0.487 e. The molecular formula is C15H15N3O3. The van der Waals surface area contributed by atoms with Gasteiger partial charge >= 0.3 is 0 Å². The van der Waals surface area contributed by atoms with Crippen molar-refractivity contribution in [2.45, 2.75) is 6.61 Å². The second kappa shape index (κ2) is 6.51. The van der Waals surface area contributed by atoms with E-state index in [1.807, 2.05) is 6.07 Å². The van der Waals surface area contributed by atoms with Gasteiger partial charge in [0.2, 0.25) is 5.88 Å². The average molecular weight is 285 g/mol. The van der Waals surface area contributed by atoms with Crippen LogP contribution in [0.1, 0.15) is 21.5 Å². The van der Waals surface area contributed by atoms with Gasteiger partial charge < -0.3 is 20.6 Å². The summed E-state index contributed by atoms with van der Waals surface area (Å²) in [4.78, 5) is 15.1. The molecule has 6 heteroatoms. The van der Waals surface area contributed by atoms with Gasteiger partial charge in [-0.2, -0.15) is 0 Å². The number of carbonyl (C=O) groups excluding carboxylic acids is 1. The molecule has 3 N–H and O–H groups in total. The van der Waals surface area contributed by atoms with Crippen LogP contribution < -0.4 is 15.2 Å². The van der Waals surface area contributed by atoms with Gasteiger partial charge in [0.15, 0.2) is 6.29 Å². The molecule has 0 aliphatic rings. The zero-order chi connectivity index (χ0) is 15.2. The highest BCUT2D eigenvalue weighted by molar-refractivity contribution is 5.86. The van der Waals surface area contributed by atoms with E-state index in [1.54, 1.807) is 12.1 Å². The Kier molecular flexibility index (Phi) is 4.50. The van der Waals surface area contributed by atoms with E-state index in [-0.39, 0.29) is 6.61 Å². The minimum atomic E-state index is 0.185. The number of nitrogens with one attached hydrogen (secondary N) is 1. The first-order chi connectivity index (χ1) is 10.2. The van der Waals surface area contributed by atoms with Crippen LogP contribution >= 0.6 is 0 Å². The zero-order valence-corrected chi connectivity index (χ0v) is 11.5. The molecule has 108 valence electrons. The van der Waals surface area contributed by atoms with Crippen molar-refractivity contribution in [3.8, 4) is 11.6 Å². The van der Waals surface area contributed by atoms with E-state index in [4.69, 9.17) is 20.6 Å². The number of pyridine rings is 1. The Morgan fingerprint density at radius 1 is 1.43 bits per heavy atom. The summed E-state index contributed by atoms with van der Waals surface area (Å²) in [6.07, 6.45) is 3.29. The molecule has 2 rings (SSSR count). The fraction of sp³-hybridized carbons (Fsp3) is 0.133. The number of aromatic nitrogens is 1. The normalized spacial score (nSPS) is 9.95. The van der Waals surface area contributed by atoms with Crippen LogP contribution in [-0.4, -0.2) is 24.6 Å². The molecule has 21 heavy (non-hydrogen) atoms. The fourth-order valence-electron chi connectivity index (χ4n) is 1.85. The summed E-state index contributed by atoms with van der Waals surface area (Å²) < 4.78 is 10.6. The van der Waals surface area contributed by atoms with Gasteiger partial charge in [-0.05, 0) is 6.07 Å². The Morgan fingerprint density at radius 3 is 2.90 bits per heavy atom. The number of benzene rings is 1. The van der Waals surface area contributed by atoms with E-state index in [2.05, 4.69) is 4.98 Å². The third kappa shape index (κ3) is 3.17. The maximum absolute atomic E-state index is 11.1. The predicted octanol–water partition coefficient (Wildman–Crippen LogP) is 2.06. The van der Waals surface area contributed by atoms with E-state index >= 15 is 0 Å². The van der Waals surface area contributed by atoms with Crippen LogP contribution in [0.15, 0.2) is 30.5 Å². The number of nitrogen functional groups attached to an aromatic ring is 1. The number of anilines is 1. The van der Waals surface area contributed by atoms with Gasteiger partial charge in [0.05, 0.1) is 18.9 Å². The van der Waals surface area contributed by atoms with Crippen LogP contribution in [0.2, 0.25) is 0 Å². The Labute approximate surface area is 122 Å². The molecule has 0 saturated carbocycles. The lowest BCUT2D eigenvalue weighted by molar-refractivity contribution is 0.111. The molecule has 6 nitrogen and oxygen atoms in total. The lowest BCUT2D eigenvalue weighted by Gasteiger charge is -2.11. The first-order valence-electron chi connectivity index (χ1n) is 6.19. The molecule has 2 aromatic rings. The van der Waals surface area contributed by atoms with E-state index in [1.165, 1.54) is 25.6 Å². The van der Waals surface area contributed by atoms with Crippen molar-refractivity contribution in [3.05, 3.63) is 47.2 Å². The van der Waals surface area contributed by atoms with Crippen LogP contribution in [0.3, 0.4) is 0 Å². The maximum Gasteiger partial charge on any atom is 0.213 e. The Hall–Kier alpha value is -2.89. The number of hydrogen-bond acceptors (Lipinski definition) is 6. The Bertz CT molecular complexity index is 671. The highest BCUT2D eigenvalue weighted by Crippen LogP contribution is 2.22. The smallest absolute Gasteiger partial charge is 0.213 e. The van der Waals surface area contributed by atoms with E-state index < -0.39 is 0 Å². The zero-order valence-electron chi connectivity index (χ0n) is 11.5. The van der Waals surface area contributed by atoms with Crippen LogP contribution in [0, 0.1) is 5.41 Å². The quantitative estimate of drug-likeness (QED) is 0.481. The second-order valence-electron chi connectivity index (χ2n) is 4.24. The molecule has 0 atom stereocenters. The lowest BCUT2D eigenvalue weighted by atomic mass is 10.1. The molecule has 0 saturated heterocycles. The second-order valence-corrected chi connectivity index (χ2v) is 4.24. The number of hydrogen-bond donors (Lipinski definition) is 2. The van der Waals surface area contributed by atoms with Gasteiger partial charge in [-0.3, -0.25) is 4.79 Å². The Balaban J connectivity index is 2.22. The van der Waals surface area contributed by atoms with Gasteiger partial charge in [0.25, 0.3) is 0 Å². The summed E-state index contributed by atoms with van der Waals surface area (Å²) in [6.45, 7) is 0.185. The number of nitrogens with zero attached hydrogens (tertiary/aromatic N) is 1. The molecule has 0 aliphatic carbocycles. The molecule has 0 aliphatic heterocycles. The average Bonchev–Trinajstić information content (AvgIpc) is 2.52. The van der Waals surface area contributed by atoms with Gasteiger partial charge in [-0.15, -0.1) is 0 Å². The highest BCUT2D eigenvalue weighted by atomic mass is 16.5. The summed E-state index contributed by atoms with van der Waals surface area (Å²) >= 11 is 0. The van der Waals surface area contributed by atoms with Crippen molar-refractivity contribution < 1.29 is 14.3 Å². The van der Waals surface area contributed by atoms with Crippen molar-refractivity contribution in [3.63, 3.8) is 0 Å². The van der Waals surface area contributed by atoms with Crippen LogP contribution in [0.25, 0.3) is 0 Å². The molecule has 0 radical (unpaired) electrons. The fourth-order valence-corrected chi connectivity index (χ4v) is 1.85. The Morgan fingerprint density at radius 2 is 2.24 bits per heavy atom. The molecule has 1 aromatic carbocycles. The summed E-state index contributed by atoms with van der Waals surface area (Å²) in [7, 11) is 1.47. The highest BCUT2D eigenvalue weighted by Gasteiger charge is 2.09.